The van der Waals surface area contributed by atoms with Gasteiger partial charge in [-0.2, -0.15) is 0 Å². The number of anilines is 1. The van der Waals surface area contributed by atoms with Crippen LogP contribution in [0.25, 0.3) is 0 Å². The maximum absolute atomic E-state index is 13.9. The van der Waals surface area contributed by atoms with Crippen LogP contribution in [0.15, 0.2) is 36.4 Å². The van der Waals surface area contributed by atoms with Gasteiger partial charge in [0.1, 0.15) is 5.82 Å². The number of amides is 1. The van der Waals surface area contributed by atoms with E-state index in [9.17, 15) is 9.18 Å². The van der Waals surface area contributed by atoms with Gasteiger partial charge in [-0.15, -0.1) is 0 Å². The molecule has 0 saturated carbocycles. The van der Waals surface area contributed by atoms with Gasteiger partial charge in [0.05, 0.1) is 5.56 Å². The summed E-state index contributed by atoms with van der Waals surface area (Å²) in [7, 11) is 0. The van der Waals surface area contributed by atoms with E-state index >= 15 is 0 Å². The highest BCUT2D eigenvalue weighted by atomic mass is 35.5. The van der Waals surface area contributed by atoms with Crippen LogP contribution in [0.2, 0.25) is 10.0 Å². The van der Waals surface area contributed by atoms with Crippen molar-refractivity contribution in [3.63, 3.8) is 0 Å². The number of carbonyl (C=O) groups is 1. The number of halogens is 3. The second-order valence-electron chi connectivity index (χ2n) is 5.74. The number of rotatable bonds is 4. The molecule has 1 saturated heterocycles. The molecule has 2 aromatic carbocycles. The molecule has 2 aromatic rings. The van der Waals surface area contributed by atoms with E-state index in [0.29, 0.717) is 26.9 Å². The van der Waals surface area contributed by atoms with E-state index < -0.39 is 0 Å². The van der Waals surface area contributed by atoms with Crippen molar-refractivity contribution >= 4 is 34.8 Å². The number of nitrogens with one attached hydrogen (secondary N) is 1. The van der Waals surface area contributed by atoms with Gasteiger partial charge in [0.25, 0.3) is 5.91 Å². The number of likely N-dealkylation sites (tertiary alicyclic amines) is 1. The predicted molar refractivity (Wildman–Crippen MR) is 95.3 cm³/mol. The van der Waals surface area contributed by atoms with Crippen LogP contribution in [-0.4, -0.2) is 23.9 Å². The van der Waals surface area contributed by atoms with E-state index in [2.05, 4.69) is 5.32 Å². The molecule has 1 aliphatic rings. The lowest BCUT2D eigenvalue weighted by molar-refractivity contribution is 0.0793. The van der Waals surface area contributed by atoms with Gasteiger partial charge in [0.15, 0.2) is 0 Å². The Morgan fingerprint density at radius 1 is 1.17 bits per heavy atom. The molecule has 3 rings (SSSR count). The highest BCUT2D eigenvalue weighted by Crippen LogP contribution is 2.26. The normalized spacial score (nSPS) is 14.0. The molecular formula is C18H17Cl2FN2O. The van der Waals surface area contributed by atoms with Gasteiger partial charge >= 0.3 is 0 Å². The zero-order chi connectivity index (χ0) is 17.1. The summed E-state index contributed by atoms with van der Waals surface area (Å²) in [6, 6.07) is 9.62. The Labute approximate surface area is 150 Å². The summed E-state index contributed by atoms with van der Waals surface area (Å²) in [6.45, 7) is 1.70. The lowest BCUT2D eigenvalue weighted by Gasteiger charge is -2.19. The first-order chi connectivity index (χ1) is 11.6. The van der Waals surface area contributed by atoms with Crippen LogP contribution >= 0.6 is 23.2 Å². The van der Waals surface area contributed by atoms with Crippen molar-refractivity contribution in [2.45, 2.75) is 19.4 Å². The van der Waals surface area contributed by atoms with Crippen molar-refractivity contribution in [3.8, 4) is 0 Å². The molecule has 1 fully saturated rings. The Morgan fingerprint density at radius 2 is 1.92 bits per heavy atom. The zero-order valence-electron chi connectivity index (χ0n) is 13.0. The molecular weight excluding hydrogens is 350 g/mol. The molecule has 0 aromatic heterocycles. The lowest BCUT2D eigenvalue weighted by Crippen LogP contribution is -2.28. The summed E-state index contributed by atoms with van der Waals surface area (Å²) >= 11 is 12.1. The first kappa shape index (κ1) is 17.1. The monoisotopic (exact) mass is 366 g/mol. The zero-order valence-corrected chi connectivity index (χ0v) is 14.5. The van der Waals surface area contributed by atoms with Crippen molar-refractivity contribution in [1.29, 1.82) is 0 Å². The topological polar surface area (TPSA) is 32.3 Å². The Balaban J connectivity index is 1.84. The molecule has 0 atom stereocenters. The first-order valence-corrected chi connectivity index (χ1v) is 8.57. The Bertz CT molecular complexity index is 740. The SMILES string of the molecule is O=C(c1ccc(Cl)cc1NCc1c(F)cccc1Cl)N1CCCC1. The van der Waals surface area contributed by atoms with E-state index in [1.165, 1.54) is 6.07 Å². The summed E-state index contributed by atoms with van der Waals surface area (Å²) in [4.78, 5) is 14.5. The average molecular weight is 367 g/mol. The Morgan fingerprint density at radius 3 is 2.62 bits per heavy atom. The number of benzene rings is 2. The fourth-order valence-electron chi connectivity index (χ4n) is 2.82. The highest BCUT2D eigenvalue weighted by molar-refractivity contribution is 6.31. The molecule has 0 unspecified atom stereocenters. The third-order valence-electron chi connectivity index (χ3n) is 4.12. The fraction of sp³-hybridized carbons (Fsp3) is 0.278. The largest absolute Gasteiger partial charge is 0.380 e. The summed E-state index contributed by atoms with van der Waals surface area (Å²) in [6.07, 6.45) is 2.04. The van der Waals surface area contributed by atoms with E-state index in [1.54, 1.807) is 30.3 Å². The van der Waals surface area contributed by atoms with Gasteiger partial charge < -0.3 is 10.2 Å². The van der Waals surface area contributed by atoms with Crippen molar-refractivity contribution in [1.82, 2.24) is 4.90 Å². The molecule has 1 N–H and O–H groups in total. The van der Waals surface area contributed by atoms with Crippen LogP contribution in [0.4, 0.5) is 10.1 Å². The first-order valence-electron chi connectivity index (χ1n) is 7.82. The third-order valence-corrected chi connectivity index (χ3v) is 4.71. The van der Waals surface area contributed by atoms with Crippen LogP contribution in [0, 0.1) is 5.82 Å². The molecule has 1 amide bonds. The van der Waals surface area contributed by atoms with Crippen LogP contribution in [0.1, 0.15) is 28.8 Å². The van der Waals surface area contributed by atoms with Gasteiger partial charge in [0, 0.05) is 40.9 Å². The molecule has 24 heavy (non-hydrogen) atoms. The summed E-state index contributed by atoms with van der Waals surface area (Å²) < 4.78 is 13.9. The fourth-order valence-corrected chi connectivity index (χ4v) is 3.23. The maximum Gasteiger partial charge on any atom is 0.255 e. The quantitative estimate of drug-likeness (QED) is 0.827. The standard InChI is InChI=1S/C18H17Cl2FN2O/c19-12-6-7-13(18(24)23-8-1-2-9-23)17(10-12)22-11-14-15(20)4-3-5-16(14)21/h3-7,10,22H,1-2,8-9,11H2. The molecule has 0 aliphatic carbocycles. The van der Waals surface area contributed by atoms with Gasteiger partial charge in [-0.3, -0.25) is 4.79 Å². The maximum atomic E-state index is 13.9. The van der Waals surface area contributed by atoms with Gasteiger partial charge in [-0.1, -0.05) is 29.3 Å². The van der Waals surface area contributed by atoms with Crippen molar-refractivity contribution in [3.05, 3.63) is 63.4 Å². The minimum atomic E-state index is -0.385. The summed E-state index contributed by atoms with van der Waals surface area (Å²) in [5, 5.41) is 3.95. The van der Waals surface area contributed by atoms with E-state index in [-0.39, 0.29) is 18.3 Å². The van der Waals surface area contributed by atoms with Crippen LogP contribution < -0.4 is 5.32 Å². The minimum Gasteiger partial charge on any atom is -0.380 e. The molecule has 0 radical (unpaired) electrons. The number of hydrogen-bond acceptors (Lipinski definition) is 2. The molecule has 1 heterocycles. The smallest absolute Gasteiger partial charge is 0.255 e. The molecule has 3 nitrogen and oxygen atoms in total. The summed E-state index contributed by atoms with van der Waals surface area (Å²) in [5.41, 5.74) is 1.48. The van der Waals surface area contributed by atoms with Crippen LogP contribution in [0.5, 0.6) is 0 Å². The number of nitrogens with zero attached hydrogens (tertiary/aromatic N) is 1. The predicted octanol–water partition coefficient (Wildman–Crippen LogP) is 4.98. The molecule has 0 spiro atoms. The molecule has 0 bridgehead atoms. The highest BCUT2D eigenvalue weighted by Gasteiger charge is 2.22. The minimum absolute atomic E-state index is 0.0358. The number of carbonyl (C=O) groups excluding carboxylic acids is 1. The van der Waals surface area contributed by atoms with Crippen molar-refractivity contribution < 1.29 is 9.18 Å². The molecule has 1 aliphatic heterocycles. The van der Waals surface area contributed by atoms with Crippen molar-refractivity contribution in [2.24, 2.45) is 0 Å². The third kappa shape index (κ3) is 3.65. The van der Waals surface area contributed by atoms with E-state index in [1.807, 2.05) is 4.90 Å². The van der Waals surface area contributed by atoms with Crippen molar-refractivity contribution in [2.75, 3.05) is 18.4 Å². The van der Waals surface area contributed by atoms with Crippen LogP contribution in [-0.2, 0) is 6.54 Å². The van der Waals surface area contributed by atoms with Crippen LogP contribution in [0.3, 0.4) is 0 Å². The van der Waals surface area contributed by atoms with E-state index in [0.717, 1.165) is 25.9 Å². The number of hydrogen-bond donors (Lipinski definition) is 1. The van der Waals surface area contributed by atoms with Gasteiger partial charge in [-0.25, -0.2) is 4.39 Å². The average Bonchev–Trinajstić information content (AvgIpc) is 3.08. The second-order valence-corrected chi connectivity index (χ2v) is 6.59. The van der Waals surface area contributed by atoms with E-state index in [4.69, 9.17) is 23.2 Å². The second kappa shape index (κ2) is 7.41. The summed E-state index contributed by atoms with van der Waals surface area (Å²) in [5.74, 6) is -0.421. The molecule has 126 valence electrons. The molecule has 6 heteroatoms. The Kier molecular flexibility index (Phi) is 5.27. The van der Waals surface area contributed by atoms with Gasteiger partial charge in [-0.05, 0) is 43.2 Å². The van der Waals surface area contributed by atoms with Gasteiger partial charge in [0.2, 0.25) is 0 Å². The lowest BCUT2D eigenvalue weighted by atomic mass is 10.1. The Hall–Kier alpha value is -1.78.